The number of hydrogen-bond acceptors (Lipinski definition) is 4. The predicted octanol–water partition coefficient (Wildman–Crippen LogP) is 1.15. The van der Waals surface area contributed by atoms with Crippen LogP contribution in [0.1, 0.15) is 36.2 Å². The van der Waals surface area contributed by atoms with E-state index in [1.54, 1.807) is 12.3 Å². The molecule has 3 heterocycles. The van der Waals surface area contributed by atoms with Gasteiger partial charge in [0.25, 0.3) is 5.91 Å². The van der Waals surface area contributed by atoms with Gasteiger partial charge in [-0.2, -0.15) is 0 Å². The molecule has 5 nitrogen and oxygen atoms in total. The highest BCUT2D eigenvalue weighted by Gasteiger charge is 2.28. The first-order valence-corrected chi connectivity index (χ1v) is 7.48. The number of hydrogen-bond donors (Lipinski definition) is 2. The van der Waals surface area contributed by atoms with Gasteiger partial charge in [0.1, 0.15) is 5.69 Å². The van der Waals surface area contributed by atoms with E-state index in [0.29, 0.717) is 5.69 Å². The quantitative estimate of drug-likeness (QED) is 0.867. The number of rotatable bonds is 3. The number of primary amides is 1. The Morgan fingerprint density at radius 1 is 1.35 bits per heavy atom. The fourth-order valence-corrected chi connectivity index (χ4v) is 3.42. The number of piperidine rings is 1. The first-order chi connectivity index (χ1) is 9.74. The van der Waals surface area contributed by atoms with E-state index in [1.807, 2.05) is 6.07 Å². The van der Waals surface area contributed by atoms with Crippen LogP contribution in [0.25, 0.3) is 0 Å². The molecule has 1 amide bonds. The Labute approximate surface area is 119 Å². The third kappa shape index (κ3) is 2.77. The molecule has 0 radical (unpaired) electrons. The molecule has 2 saturated heterocycles. The number of aromatic nitrogens is 1. The maximum atomic E-state index is 11.2. The van der Waals surface area contributed by atoms with Crippen molar-refractivity contribution < 1.29 is 4.79 Å². The van der Waals surface area contributed by atoms with Crippen LogP contribution >= 0.6 is 0 Å². The van der Waals surface area contributed by atoms with E-state index in [4.69, 9.17) is 5.73 Å². The van der Waals surface area contributed by atoms with E-state index < -0.39 is 5.91 Å². The predicted molar refractivity (Wildman–Crippen MR) is 78.7 cm³/mol. The normalized spacial score (nSPS) is 24.0. The van der Waals surface area contributed by atoms with E-state index in [1.165, 1.54) is 32.2 Å². The lowest BCUT2D eigenvalue weighted by atomic mass is 9.88. The molecule has 1 aromatic rings. The van der Waals surface area contributed by atoms with Crippen molar-refractivity contribution in [2.75, 3.05) is 24.5 Å². The molecular formula is C15H22N4O. The summed E-state index contributed by atoms with van der Waals surface area (Å²) in [5.74, 6) is 0.336. The van der Waals surface area contributed by atoms with E-state index in [0.717, 1.165) is 30.7 Å². The van der Waals surface area contributed by atoms with E-state index >= 15 is 0 Å². The lowest BCUT2D eigenvalue weighted by Crippen LogP contribution is -2.41. The van der Waals surface area contributed by atoms with Crippen LogP contribution in [0.5, 0.6) is 0 Å². The first kappa shape index (κ1) is 13.4. The van der Waals surface area contributed by atoms with Gasteiger partial charge in [-0.15, -0.1) is 0 Å². The second-order valence-electron chi connectivity index (χ2n) is 5.79. The van der Waals surface area contributed by atoms with Crippen molar-refractivity contribution in [1.82, 2.24) is 10.3 Å². The number of anilines is 1. The molecule has 3 rings (SSSR count). The van der Waals surface area contributed by atoms with Crippen LogP contribution in [0.15, 0.2) is 18.3 Å². The monoisotopic (exact) mass is 274 g/mol. The molecule has 3 N–H and O–H groups in total. The Bertz CT molecular complexity index is 477. The molecule has 2 fully saturated rings. The maximum absolute atomic E-state index is 11.2. The summed E-state index contributed by atoms with van der Waals surface area (Å²) in [5, 5.41) is 3.62. The maximum Gasteiger partial charge on any atom is 0.267 e. The zero-order valence-electron chi connectivity index (χ0n) is 11.7. The summed E-state index contributed by atoms with van der Waals surface area (Å²) in [4.78, 5) is 17.5. The van der Waals surface area contributed by atoms with Crippen molar-refractivity contribution in [2.45, 2.75) is 31.7 Å². The average molecular weight is 274 g/mol. The molecule has 1 unspecified atom stereocenters. The van der Waals surface area contributed by atoms with Gasteiger partial charge in [0.05, 0.1) is 0 Å². The minimum Gasteiger partial charge on any atom is -0.371 e. The summed E-state index contributed by atoms with van der Waals surface area (Å²) in [5.41, 5.74) is 6.70. The van der Waals surface area contributed by atoms with Crippen molar-refractivity contribution >= 4 is 11.6 Å². The Morgan fingerprint density at radius 2 is 2.15 bits per heavy atom. The van der Waals surface area contributed by atoms with Gasteiger partial charge in [0.15, 0.2) is 0 Å². The van der Waals surface area contributed by atoms with E-state index in [2.05, 4.69) is 15.2 Å². The third-order valence-electron chi connectivity index (χ3n) is 4.57. The van der Waals surface area contributed by atoms with Crippen molar-refractivity contribution in [3.05, 3.63) is 24.0 Å². The molecule has 2 aliphatic heterocycles. The Kier molecular flexibility index (Phi) is 3.87. The standard InChI is InChI=1S/C15H22N4O/c16-15(20)14-10-12(3-7-18-14)19-8-4-11(5-9-19)13-2-1-6-17-13/h3,7,10-11,13,17H,1-2,4-6,8-9H2,(H2,16,20). The molecule has 0 aromatic carbocycles. The third-order valence-corrected chi connectivity index (χ3v) is 4.57. The molecule has 20 heavy (non-hydrogen) atoms. The molecule has 0 spiro atoms. The van der Waals surface area contributed by atoms with Gasteiger partial charge in [-0.1, -0.05) is 0 Å². The van der Waals surface area contributed by atoms with E-state index in [-0.39, 0.29) is 0 Å². The van der Waals surface area contributed by atoms with Gasteiger partial charge in [-0.25, -0.2) is 0 Å². The summed E-state index contributed by atoms with van der Waals surface area (Å²) < 4.78 is 0. The van der Waals surface area contributed by atoms with Gasteiger partial charge in [0.2, 0.25) is 0 Å². The number of nitrogens with one attached hydrogen (secondary N) is 1. The molecule has 0 saturated carbocycles. The molecule has 1 atom stereocenters. The largest absolute Gasteiger partial charge is 0.371 e. The Morgan fingerprint density at radius 3 is 2.80 bits per heavy atom. The first-order valence-electron chi connectivity index (χ1n) is 7.48. The topological polar surface area (TPSA) is 71.2 Å². The highest BCUT2D eigenvalue weighted by Crippen LogP contribution is 2.28. The van der Waals surface area contributed by atoms with Crippen LogP contribution in [-0.4, -0.2) is 36.6 Å². The zero-order valence-corrected chi connectivity index (χ0v) is 11.7. The number of nitrogens with two attached hydrogens (primary N) is 1. The van der Waals surface area contributed by atoms with Crippen LogP contribution in [0.4, 0.5) is 5.69 Å². The van der Waals surface area contributed by atoms with Crippen molar-refractivity contribution in [3.63, 3.8) is 0 Å². The van der Waals surface area contributed by atoms with Gasteiger partial charge in [-0.3, -0.25) is 9.78 Å². The number of amides is 1. The average Bonchev–Trinajstić information content (AvgIpc) is 3.02. The summed E-state index contributed by atoms with van der Waals surface area (Å²) >= 11 is 0. The SMILES string of the molecule is NC(=O)c1cc(N2CCC(C3CCCN3)CC2)ccn1. The van der Waals surface area contributed by atoms with Crippen LogP contribution in [0, 0.1) is 5.92 Å². The number of carbonyl (C=O) groups excluding carboxylic acids is 1. The minimum atomic E-state index is -0.461. The Balaban J connectivity index is 1.62. The van der Waals surface area contributed by atoms with Gasteiger partial charge >= 0.3 is 0 Å². The molecule has 1 aromatic heterocycles. The lowest BCUT2D eigenvalue weighted by Gasteiger charge is -2.36. The number of pyridine rings is 1. The fraction of sp³-hybridized carbons (Fsp3) is 0.600. The van der Waals surface area contributed by atoms with Gasteiger partial charge in [-0.05, 0) is 50.3 Å². The van der Waals surface area contributed by atoms with Crippen LogP contribution in [-0.2, 0) is 0 Å². The van der Waals surface area contributed by atoms with Crippen molar-refractivity contribution in [3.8, 4) is 0 Å². The second kappa shape index (κ2) is 5.79. The Hall–Kier alpha value is -1.62. The molecular weight excluding hydrogens is 252 g/mol. The van der Waals surface area contributed by atoms with Crippen molar-refractivity contribution in [2.24, 2.45) is 11.7 Å². The van der Waals surface area contributed by atoms with Crippen molar-refractivity contribution in [1.29, 1.82) is 0 Å². The van der Waals surface area contributed by atoms with Crippen LogP contribution < -0.4 is 16.0 Å². The zero-order chi connectivity index (χ0) is 13.9. The molecule has 5 heteroatoms. The van der Waals surface area contributed by atoms with E-state index in [9.17, 15) is 4.79 Å². The van der Waals surface area contributed by atoms with Crippen LogP contribution in [0.3, 0.4) is 0 Å². The van der Waals surface area contributed by atoms with Gasteiger partial charge < -0.3 is 16.0 Å². The molecule has 108 valence electrons. The highest BCUT2D eigenvalue weighted by atomic mass is 16.1. The number of carbonyl (C=O) groups is 1. The lowest BCUT2D eigenvalue weighted by molar-refractivity contribution is 0.0995. The van der Waals surface area contributed by atoms with Gasteiger partial charge in [0, 0.05) is 31.0 Å². The minimum absolute atomic E-state index is 0.349. The molecule has 2 aliphatic rings. The summed E-state index contributed by atoms with van der Waals surface area (Å²) in [6.07, 6.45) is 6.74. The fourth-order valence-electron chi connectivity index (χ4n) is 3.42. The molecule has 0 aliphatic carbocycles. The molecule has 0 bridgehead atoms. The summed E-state index contributed by atoms with van der Waals surface area (Å²) in [6, 6.07) is 4.48. The summed E-state index contributed by atoms with van der Waals surface area (Å²) in [7, 11) is 0. The highest BCUT2D eigenvalue weighted by molar-refractivity contribution is 5.91. The van der Waals surface area contributed by atoms with Crippen LogP contribution in [0.2, 0.25) is 0 Å². The number of nitrogens with zero attached hydrogens (tertiary/aromatic N) is 2. The summed E-state index contributed by atoms with van der Waals surface area (Å²) in [6.45, 7) is 3.27. The smallest absolute Gasteiger partial charge is 0.267 e. The second-order valence-corrected chi connectivity index (χ2v) is 5.79.